The number of rotatable bonds is 6. The third-order valence-corrected chi connectivity index (χ3v) is 6.99. The number of fused-ring (bicyclic) bond motifs is 1. The summed E-state index contributed by atoms with van der Waals surface area (Å²) in [4.78, 5) is 17.1. The fourth-order valence-corrected chi connectivity index (χ4v) is 4.74. The Morgan fingerprint density at radius 3 is 2.86 bits per heavy atom. The fourth-order valence-electron chi connectivity index (χ4n) is 4.47. The van der Waals surface area contributed by atoms with Crippen LogP contribution in [0.2, 0.25) is 0 Å². The number of nitrogens with one attached hydrogen (secondary N) is 3. The number of allylic oxidation sites excluding steroid dienone is 9. The lowest BCUT2D eigenvalue weighted by atomic mass is 9.97. The molecular formula is C27H28BClN6O. The van der Waals surface area contributed by atoms with E-state index in [1.807, 2.05) is 36.4 Å². The van der Waals surface area contributed by atoms with Crippen molar-refractivity contribution in [3.63, 3.8) is 0 Å². The fraction of sp³-hybridized carbons (Fsp3) is 0.296. The first-order chi connectivity index (χ1) is 17.5. The molecule has 182 valence electrons. The Hall–Kier alpha value is -3.52. The minimum Gasteiger partial charge on any atom is -0.366 e. The maximum absolute atomic E-state index is 12.4. The standard InChI is InChI=1S/C27H28BClN6O/c1-17-6-2-5-9-23(17)34-27(36)32-19-12-10-18(11-13-19)15-30-25-14-24(20-7-3-4-8-22(20)29)33-26-21(28)16-31-35(25)26/h2-3,5-7,9-10,12,14,16-17,23,30H,4,8,11,13,15H2,1H3,(H2,32,34,36). The van der Waals surface area contributed by atoms with Gasteiger partial charge in [0, 0.05) is 35.1 Å². The predicted octanol–water partition coefficient (Wildman–Crippen LogP) is 4.27. The van der Waals surface area contributed by atoms with Gasteiger partial charge in [0.1, 0.15) is 13.7 Å². The molecular weight excluding hydrogens is 471 g/mol. The molecule has 0 spiro atoms. The SMILES string of the molecule is [B]c1cnn2c(NCC3=CC=C(NC(=O)NC4C=CC=CC4C)CC3)cc(C3=C(Cl)CCC=C3)nc12. The average Bonchev–Trinajstić information content (AvgIpc) is 3.26. The quantitative estimate of drug-likeness (QED) is 0.520. The number of anilines is 1. The third-order valence-electron chi connectivity index (χ3n) is 6.60. The van der Waals surface area contributed by atoms with Gasteiger partial charge in [0.25, 0.3) is 0 Å². The van der Waals surface area contributed by atoms with Crippen LogP contribution in [0, 0.1) is 5.92 Å². The van der Waals surface area contributed by atoms with Crippen LogP contribution < -0.4 is 21.4 Å². The monoisotopic (exact) mass is 498 g/mol. The second kappa shape index (κ2) is 10.6. The molecule has 2 unspecified atom stereocenters. The maximum Gasteiger partial charge on any atom is 0.319 e. The number of hydrogen-bond donors (Lipinski definition) is 3. The Morgan fingerprint density at radius 1 is 1.22 bits per heavy atom. The van der Waals surface area contributed by atoms with E-state index < -0.39 is 0 Å². The van der Waals surface area contributed by atoms with E-state index >= 15 is 0 Å². The van der Waals surface area contributed by atoms with E-state index in [2.05, 4.69) is 46.2 Å². The Bertz CT molecular complexity index is 1370. The molecule has 2 atom stereocenters. The van der Waals surface area contributed by atoms with Gasteiger partial charge in [0.05, 0.1) is 11.7 Å². The zero-order chi connectivity index (χ0) is 25.1. The maximum atomic E-state index is 12.4. The number of nitrogens with zero attached hydrogens (tertiary/aromatic N) is 3. The summed E-state index contributed by atoms with van der Waals surface area (Å²) in [5.41, 5.74) is 4.91. The molecule has 0 saturated carbocycles. The lowest BCUT2D eigenvalue weighted by molar-refractivity contribution is 0.239. The summed E-state index contributed by atoms with van der Waals surface area (Å²) in [5.74, 6) is 1.06. The van der Waals surface area contributed by atoms with Crippen molar-refractivity contribution in [2.45, 2.75) is 38.6 Å². The lowest BCUT2D eigenvalue weighted by Crippen LogP contribution is -2.44. The van der Waals surface area contributed by atoms with Crippen LogP contribution in [0.5, 0.6) is 0 Å². The minimum atomic E-state index is -0.180. The normalized spacial score (nSPS) is 21.4. The van der Waals surface area contributed by atoms with Gasteiger partial charge < -0.3 is 16.0 Å². The second-order valence-corrected chi connectivity index (χ2v) is 9.70. The van der Waals surface area contributed by atoms with E-state index in [1.54, 1.807) is 10.7 Å². The van der Waals surface area contributed by atoms with E-state index in [4.69, 9.17) is 24.4 Å². The number of aromatic nitrogens is 3. The molecule has 9 heteroatoms. The Morgan fingerprint density at radius 2 is 2.08 bits per heavy atom. The molecule has 0 aromatic carbocycles. The number of carbonyl (C=O) groups is 1. The van der Waals surface area contributed by atoms with Crippen molar-refractivity contribution in [3.05, 3.63) is 82.9 Å². The van der Waals surface area contributed by atoms with Crippen molar-refractivity contribution in [1.29, 1.82) is 0 Å². The van der Waals surface area contributed by atoms with Gasteiger partial charge in [-0.3, -0.25) is 0 Å². The minimum absolute atomic E-state index is 0.00246. The summed E-state index contributed by atoms with van der Waals surface area (Å²) in [6.45, 7) is 2.72. The van der Waals surface area contributed by atoms with Gasteiger partial charge in [-0.15, -0.1) is 0 Å². The van der Waals surface area contributed by atoms with Crippen LogP contribution in [0.1, 0.15) is 38.3 Å². The molecule has 2 aromatic heterocycles. The molecule has 5 rings (SSSR count). The molecule has 3 N–H and O–H groups in total. The van der Waals surface area contributed by atoms with E-state index in [1.165, 1.54) is 5.57 Å². The van der Waals surface area contributed by atoms with Gasteiger partial charge in [0.15, 0.2) is 5.65 Å². The van der Waals surface area contributed by atoms with Crippen LogP contribution in [0.25, 0.3) is 11.2 Å². The Kier molecular flexibility index (Phi) is 7.14. The van der Waals surface area contributed by atoms with Crippen LogP contribution in [-0.2, 0) is 0 Å². The summed E-state index contributed by atoms with van der Waals surface area (Å²) in [7, 11) is 6.13. The summed E-state index contributed by atoms with van der Waals surface area (Å²) in [6, 6.07) is 1.78. The van der Waals surface area contributed by atoms with Crippen molar-refractivity contribution < 1.29 is 4.79 Å². The van der Waals surface area contributed by atoms with Gasteiger partial charge in [-0.2, -0.15) is 9.61 Å². The van der Waals surface area contributed by atoms with Crippen LogP contribution in [0.4, 0.5) is 10.6 Å². The van der Waals surface area contributed by atoms with Crippen molar-refractivity contribution in [1.82, 2.24) is 25.2 Å². The van der Waals surface area contributed by atoms with Crippen molar-refractivity contribution in [2.75, 3.05) is 11.9 Å². The summed E-state index contributed by atoms with van der Waals surface area (Å²) in [6.07, 6.45) is 21.1. The van der Waals surface area contributed by atoms with Gasteiger partial charge in [-0.25, -0.2) is 9.78 Å². The number of urea groups is 1. The first-order valence-electron chi connectivity index (χ1n) is 12.2. The molecule has 3 aliphatic carbocycles. The topological polar surface area (TPSA) is 83.3 Å². The van der Waals surface area contributed by atoms with Gasteiger partial charge in [-0.05, 0) is 43.1 Å². The molecule has 2 radical (unpaired) electrons. The smallest absolute Gasteiger partial charge is 0.319 e. The number of amides is 2. The molecule has 36 heavy (non-hydrogen) atoms. The predicted molar refractivity (Wildman–Crippen MR) is 146 cm³/mol. The van der Waals surface area contributed by atoms with Gasteiger partial charge in [-0.1, -0.05) is 66.6 Å². The second-order valence-electron chi connectivity index (χ2n) is 9.25. The zero-order valence-corrected chi connectivity index (χ0v) is 20.9. The number of halogens is 1. The van der Waals surface area contributed by atoms with Gasteiger partial charge >= 0.3 is 6.03 Å². The molecule has 0 aliphatic heterocycles. The van der Waals surface area contributed by atoms with E-state index in [-0.39, 0.29) is 18.0 Å². The van der Waals surface area contributed by atoms with Crippen LogP contribution in [0.15, 0.2) is 77.2 Å². The third kappa shape index (κ3) is 5.33. The number of hydrogen-bond acceptors (Lipinski definition) is 4. The molecule has 2 aromatic rings. The summed E-state index contributed by atoms with van der Waals surface area (Å²) < 4.78 is 1.71. The highest BCUT2D eigenvalue weighted by Gasteiger charge is 2.18. The summed E-state index contributed by atoms with van der Waals surface area (Å²) in [5, 5.41) is 14.7. The first-order valence-corrected chi connectivity index (χ1v) is 12.6. The molecule has 2 heterocycles. The molecule has 0 bridgehead atoms. The van der Waals surface area contributed by atoms with Crippen molar-refractivity contribution >= 4 is 48.0 Å². The van der Waals surface area contributed by atoms with E-state index in [0.717, 1.165) is 53.5 Å². The molecule has 3 aliphatic rings. The average molecular weight is 499 g/mol. The van der Waals surface area contributed by atoms with E-state index in [9.17, 15) is 4.79 Å². The largest absolute Gasteiger partial charge is 0.366 e. The van der Waals surface area contributed by atoms with E-state index in [0.29, 0.717) is 17.7 Å². The lowest BCUT2D eigenvalue weighted by Gasteiger charge is -2.23. The highest BCUT2D eigenvalue weighted by molar-refractivity contribution is 6.36. The van der Waals surface area contributed by atoms with Crippen molar-refractivity contribution in [3.8, 4) is 0 Å². The highest BCUT2D eigenvalue weighted by Crippen LogP contribution is 2.30. The van der Waals surface area contributed by atoms with Gasteiger partial charge in [0.2, 0.25) is 0 Å². The Balaban J connectivity index is 1.26. The molecule has 0 saturated heterocycles. The highest BCUT2D eigenvalue weighted by atomic mass is 35.5. The zero-order valence-electron chi connectivity index (χ0n) is 20.2. The van der Waals surface area contributed by atoms with Crippen LogP contribution in [-0.4, -0.2) is 41.1 Å². The van der Waals surface area contributed by atoms with Crippen LogP contribution >= 0.6 is 11.6 Å². The van der Waals surface area contributed by atoms with Crippen molar-refractivity contribution in [2.24, 2.45) is 5.92 Å². The molecule has 0 fully saturated rings. The first kappa shape index (κ1) is 24.2. The molecule has 7 nitrogen and oxygen atoms in total. The Labute approximate surface area is 217 Å². The molecule has 2 amide bonds. The number of carbonyl (C=O) groups excluding carboxylic acids is 1. The van der Waals surface area contributed by atoms with Crippen LogP contribution in [0.3, 0.4) is 0 Å². The summed E-state index contributed by atoms with van der Waals surface area (Å²) >= 11 is 6.50.